The number of aryl methyl sites for hydroxylation is 1. The number of nitrogens with one attached hydrogen (secondary N) is 1. The zero-order valence-corrected chi connectivity index (χ0v) is 9.56. The van der Waals surface area contributed by atoms with E-state index in [4.69, 9.17) is 4.74 Å². The van der Waals surface area contributed by atoms with Gasteiger partial charge in [-0.3, -0.25) is 14.7 Å². The predicted octanol–water partition coefficient (Wildman–Crippen LogP) is -0.168. The summed E-state index contributed by atoms with van der Waals surface area (Å²) in [5.41, 5.74) is 0.333. The third-order valence-corrected chi connectivity index (χ3v) is 2.12. The number of fused-ring (bicyclic) bond motifs is 1. The van der Waals surface area contributed by atoms with Crippen LogP contribution in [0.1, 0.15) is 18.4 Å². The molecule has 0 aliphatic heterocycles. The number of ether oxygens (including phenoxy) is 1. The van der Waals surface area contributed by atoms with Crippen molar-refractivity contribution in [2.24, 2.45) is 0 Å². The van der Waals surface area contributed by atoms with E-state index in [-0.39, 0.29) is 17.8 Å². The second kappa shape index (κ2) is 4.36. The van der Waals surface area contributed by atoms with Gasteiger partial charge in [-0.1, -0.05) is 0 Å². The summed E-state index contributed by atoms with van der Waals surface area (Å²) in [7, 11) is 0. The number of hydrogen-bond donors (Lipinski definition) is 1. The largest absolute Gasteiger partial charge is 0.466 e. The Morgan fingerprint density at radius 1 is 1.53 bits per heavy atom. The minimum absolute atomic E-state index is 0.00428. The molecule has 7 heteroatoms. The lowest BCUT2D eigenvalue weighted by atomic mass is 10.4. The summed E-state index contributed by atoms with van der Waals surface area (Å²) in [6, 6.07) is 1.39. The van der Waals surface area contributed by atoms with Crippen molar-refractivity contribution in [1.82, 2.24) is 19.6 Å². The van der Waals surface area contributed by atoms with Crippen LogP contribution >= 0.6 is 0 Å². The molecule has 2 heterocycles. The van der Waals surface area contributed by atoms with Gasteiger partial charge in [-0.25, -0.2) is 4.98 Å². The molecule has 0 aromatic carbocycles. The number of rotatable bonds is 3. The first-order valence-electron chi connectivity index (χ1n) is 5.21. The number of H-pyrrole nitrogens is 1. The van der Waals surface area contributed by atoms with Gasteiger partial charge in [-0.15, -0.1) is 0 Å². The van der Waals surface area contributed by atoms with Crippen LogP contribution < -0.4 is 5.56 Å². The van der Waals surface area contributed by atoms with Gasteiger partial charge in [0.2, 0.25) is 0 Å². The molecule has 17 heavy (non-hydrogen) atoms. The summed E-state index contributed by atoms with van der Waals surface area (Å²) < 4.78 is 5.99. The molecule has 0 aliphatic carbocycles. The predicted molar refractivity (Wildman–Crippen MR) is 58.7 cm³/mol. The molecule has 2 aromatic rings. The molecule has 2 rings (SSSR count). The lowest BCUT2D eigenvalue weighted by molar-refractivity contribution is -0.142. The monoisotopic (exact) mass is 236 g/mol. The molecular weight excluding hydrogens is 224 g/mol. The van der Waals surface area contributed by atoms with Crippen molar-refractivity contribution in [2.75, 3.05) is 6.61 Å². The number of nitrogens with zero attached hydrogens (tertiary/aromatic N) is 3. The summed E-state index contributed by atoms with van der Waals surface area (Å²) >= 11 is 0. The molecule has 90 valence electrons. The zero-order valence-electron chi connectivity index (χ0n) is 9.56. The van der Waals surface area contributed by atoms with Crippen LogP contribution in [0.2, 0.25) is 0 Å². The van der Waals surface area contributed by atoms with Crippen LogP contribution in [0.5, 0.6) is 0 Å². The molecule has 1 N–H and O–H groups in total. The quantitative estimate of drug-likeness (QED) is 0.747. The van der Waals surface area contributed by atoms with Crippen molar-refractivity contribution in [3.05, 3.63) is 27.9 Å². The van der Waals surface area contributed by atoms with Crippen LogP contribution in [-0.2, 0) is 16.0 Å². The SMILES string of the molecule is CCOC(=O)Cc1nc2nc(C)cc(=O)n2[nH]1. The Balaban J connectivity index is 2.35. The van der Waals surface area contributed by atoms with Gasteiger partial charge in [0.25, 0.3) is 11.3 Å². The van der Waals surface area contributed by atoms with E-state index in [1.165, 1.54) is 10.6 Å². The number of aromatic amines is 1. The van der Waals surface area contributed by atoms with Crippen LogP contribution in [0.25, 0.3) is 5.78 Å². The molecule has 0 saturated carbocycles. The molecule has 0 atom stereocenters. The van der Waals surface area contributed by atoms with Gasteiger partial charge < -0.3 is 4.74 Å². The first kappa shape index (κ1) is 11.3. The first-order valence-corrected chi connectivity index (χ1v) is 5.21. The molecule has 0 amide bonds. The van der Waals surface area contributed by atoms with Gasteiger partial charge in [-0.2, -0.15) is 9.50 Å². The number of hydrogen-bond acceptors (Lipinski definition) is 5. The maximum Gasteiger partial charge on any atom is 0.313 e. The molecule has 0 bridgehead atoms. The van der Waals surface area contributed by atoms with E-state index in [0.717, 1.165) is 0 Å². The topological polar surface area (TPSA) is 89.3 Å². The number of esters is 1. The highest BCUT2D eigenvalue weighted by molar-refractivity contribution is 5.71. The minimum atomic E-state index is -0.392. The Labute approximate surface area is 96.4 Å². The fourth-order valence-corrected chi connectivity index (χ4v) is 1.46. The molecule has 0 fully saturated rings. The van der Waals surface area contributed by atoms with E-state index >= 15 is 0 Å². The van der Waals surface area contributed by atoms with Crippen LogP contribution in [0, 0.1) is 6.92 Å². The number of aromatic nitrogens is 4. The summed E-state index contributed by atoms with van der Waals surface area (Å²) in [6.07, 6.45) is -0.00428. The van der Waals surface area contributed by atoms with E-state index in [1.54, 1.807) is 13.8 Å². The smallest absolute Gasteiger partial charge is 0.313 e. The maximum absolute atomic E-state index is 11.6. The summed E-state index contributed by atoms with van der Waals surface area (Å²) in [5.74, 6) is 0.226. The van der Waals surface area contributed by atoms with E-state index < -0.39 is 5.97 Å². The zero-order chi connectivity index (χ0) is 12.4. The summed E-state index contributed by atoms with van der Waals surface area (Å²) in [4.78, 5) is 30.9. The number of carbonyl (C=O) groups excluding carboxylic acids is 1. The van der Waals surface area contributed by atoms with Crippen molar-refractivity contribution in [1.29, 1.82) is 0 Å². The molecule has 0 unspecified atom stereocenters. The molecule has 0 saturated heterocycles. The fourth-order valence-electron chi connectivity index (χ4n) is 1.46. The molecular formula is C10H12N4O3. The minimum Gasteiger partial charge on any atom is -0.466 e. The second-order valence-electron chi connectivity index (χ2n) is 3.52. The Morgan fingerprint density at radius 2 is 2.29 bits per heavy atom. The average molecular weight is 236 g/mol. The highest BCUT2D eigenvalue weighted by Crippen LogP contribution is 1.98. The second-order valence-corrected chi connectivity index (χ2v) is 3.52. The van der Waals surface area contributed by atoms with E-state index in [9.17, 15) is 9.59 Å². The van der Waals surface area contributed by atoms with Gasteiger partial charge >= 0.3 is 5.97 Å². The van der Waals surface area contributed by atoms with Gasteiger partial charge in [-0.05, 0) is 13.8 Å². The lowest BCUT2D eigenvalue weighted by Crippen LogP contribution is -2.15. The summed E-state index contributed by atoms with van der Waals surface area (Å²) in [6.45, 7) is 3.75. The van der Waals surface area contributed by atoms with Gasteiger partial charge in [0.15, 0.2) is 0 Å². The molecule has 2 aromatic heterocycles. The maximum atomic E-state index is 11.6. The number of carbonyl (C=O) groups is 1. The van der Waals surface area contributed by atoms with Crippen molar-refractivity contribution in [3.63, 3.8) is 0 Å². The third kappa shape index (κ3) is 2.32. The lowest BCUT2D eigenvalue weighted by Gasteiger charge is -1.97. The van der Waals surface area contributed by atoms with Crippen LogP contribution in [0.3, 0.4) is 0 Å². The van der Waals surface area contributed by atoms with Crippen LogP contribution in [0.4, 0.5) is 0 Å². The standard InChI is InChI=1S/C10H12N4O3/c1-3-17-9(16)5-7-12-10-11-6(2)4-8(15)14(10)13-7/h4H,3,5H2,1-2H3,(H,11,12,13). The van der Waals surface area contributed by atoms with Crippen molar-refractivity contribution < 1.29 is 9.53 Å². The van der Waals surface area contributed by atoms with Gasteiger partial charge in [0.05, 0.1) is 6.61 Å². The van der Waals surface area contributed by atoms with E-state index in [1.807, 2.05) is 0 Å². The molecule has 0 radical (unpaired) electrons. The molecule has 7 nitrogen and oxygen atoms in total. The normalized spacial score (nSPS) is 10.7. The first-order chi connectivity index (χ1) is 8.10. The van der Waals surface area contributed by atoms with Gasteiger partial charge in [0.1, 0.15) is 12.2 Å². The van der Waals surface area contributed by atoms with Crippen molar-refractivity contribution in [3.8, 4) is 0 Å². The third-order valence-electron chi connectivity index (χ3n) is 2.12. The van der Waals surface area contributed by atoms with Crippen molar-refractivity contribution >= 4 is 11.7 Å². The van der Waals surface area contributed by atoms with E-state index in [2.05, 4.69) is 15.1 Å². The highest BCUT2D eigenvalue weighted by Gasteiger charge is 2.10. The average Bonchev–Trinajstić information content (AvgIpc) is 2.60. The molecule has 0 aliphatic rings. The van der Waals surface area contributed by atoms with Crippen molar-refractivity contribution in [2.45, 2.75) is 20.3 Å². The Hall–Kier alpha value is -2.18. The van der Waals surface area contributed by atoms with Gasteiger partial charge in [0, 0.05) is 11.8 Å². The Morgan fingerprint density at radius 3 is 3.00 bits per heavy atom. The van der Waals surface area contributed by atoms with E-state index in [0.29, 0.717) is 18.1 Å². The van der Waals surface area contributed by atoms with Crippen LogP contribution in [0.15, 0.2) is 10.9 Å². The fraction of sp³-hybridized carbons (Fsp3) is 0.400. The Bertz CT molecular complexity index is 614. The Kier molecular flexibility index (Phi) is 2.90. The molecule has 0 spiro atoms. The highest BCUT2D eigenvalue weighted by atomic mass is 16.5. The van der Waals surface area contributed by atoms with Crippen LogP contribution in [-0.4, -0.2) is 32.2 Å². The summed E-state index contributed by atoms with van der Waals surface area (Å²) in [5, 5.41) is 2.71.